The van der Waals surface area contributed by atoms with E-state index in [-0.39, 0.29) is 16.7 Å². The van der Waals surface area contributed by atoms with Gasteiger partial charge in [-0.3, -0.25) is 4.79 Å². The van der Waals surface area contributed by atoms with Gasteiger partial charge >= 0.3 is 0 Å². The van der Waals surface area contributed by atoms with Crippen LogP contribution >= 0.6 is 0 Å². The number of allylic oxidation sites excluding steroid dienone is 1. The quantitative estimate of drug-likeness (QED) is 0.911. The van der Waals surface area contributed by atoms with E-state index in [0.29, 0.717) is 12.2 Å². The molecule has 6 nitrogen and oxygen atoms in total. The number of benzene rings is 1. The van der Waals surface area contributed by atoms with Gasteiger partial charge in [0, 0.05) is 18.6 Å². The lowest BCUT2D eigenvalue weighted by atomic mass is 9.93. The van der Waals surface area contributed by atoms with Crippen LogP contribution in [-0.4, -0.2) is 33.4 Å². The van der Waals surface area contributed by atoms with E-state index < -0.39 is 9.84 Å². The molecule has 0 bridgehead atoms. The molecule has 1 aromatic carbocycles. The van der Waals surface area contributed by atoms with E-state index in [9.17, 15) is 13.2 Å². The minimum absolute atomic E-state index is 0.0210. The first-order valence-corrected chi connectivity index (χ1v) is 9.04. The van der Waals surface area contributed by atoms with Gasteiger partial charge in [-0.1, -0.05) is 19.1 Å². The van der Waals surface area contributed by atoms with Gasteiger partial charge in [0.05, 0.1) is 12.8 Å². The highest BCUT2D eigenvalue weighted by Gasteiger charge is 2.21. The minimum Gasteiger partial charge on any atom is -0.495 e. The first-order valence-electron chi connectivity index (χ1n) is 7.15. The van der Waals surface area contributed by atoms with Crippen LogP contribution in [0.25, 0.3) is 6.08 Å². The molecule has 2 rings (SSSR count). The number of hydrazone groups is 1. The van der Waals surface area contributed by atoms with Gasteiger partial charge in [-0.2, -0.15) is 5.10 Å². The molecule has 23 heavy (non-hydrogen) atoms. The van der Waals surface area contributed by atoms with E-state index in [1.165, 1.54) is 7.11 Å². The van der Waals surface area contributed by atoms with Crippen molar-refractivity contribution >= 4 is 27.5 Å². The second kappa shape index (κ2) is 6.54. The Morgan fingerprint density at radius 1 is 1.43 bits per heavy atom. The molecule has 1 aliphatic rings. The Hall–Kier alpha value is -2.15. The van der Waals surface area contributed by atoms with Crippen molar-refractivity contribution in [2.75, 3.05) is 13.4 Å². The molecule has 0 aromatic heterocycles. The lowest BCUT2D eigenvalue weighted by molar-refractivity contribution is -0.121. The average Bonchev–Trinajstić information content (AvgIpc) is 2.46. The van der Waals surface area contributed by atoms with Gasteiger partial charge in [-0.05, 0) is 30.2 Å². The number of sulfone groups is 1. The smallest absolute Gasteiger partial charge is 0.240 e. The van der Waals surface area contributed by atoms with Gasteiger partial charge in [0.25, 0.3) is 0 Å². The standard InChI is InChI=1S/C16H20N2O4S/c1-10(16-11(2)8-15(19)17-18-16)7-12-5-6-13(22-3)14(9-12)23(4,20)21/h5-7,9,11H,8H2,1-4H3,(H,17,19). The molecule has 1 aliphatic heterocycles. The zero-order valence-electron chi connectivity index (χ0n) is 13.6. The minimum atomic E-state index is -3.39. The Morgan fingerprint density at radius 3 is 2.70 bits per heavy atom. The number of rotatable bonds is 4. The van der Waals surface area contributed by atoms with Crippen LogP contribution in [0, 0.1) is 5.92 Å². The van der Waals surface area contributed by atoms with Gasteiger partial charge in [-0.15, -0.1) is 0 Å². The Balaban J connectivity index is 2.41. The molecule has 1 unspecified atom stereocenters. The average molecular weight is 336 g/mol. The summed E-state index contributed by atoms with van der Waals surface area (Å²) in [6.45, 7) is 3.82. The van der Waals surface area contributed by atoms with Crippen molar-refractivity contribution in [2.45, 2.75) is 25.2 Å². The van der Waals surface area contributed by atoms with Crippen LogP contribution in [0.1, 0.15) is 25.8 Å². The molecule has 0 radical (unpaired) electrons. The number of hydrogen-bond acceptors (Lipinski definition) is 5. The predicted molar refractivity (Wildman–Crippen MR) is 89.1 cm³/mol. The molecular formula is C16H20N2O4S. The van der Waals surface area contributed by atoms with E-state index in [2.05, 4.69) is 10.5 Å². The van der Waals surface area contributed by atoms with E-state index in [1.54, 1.807) is 18.2 Å². The Kier molecular flexibility index (Phi) is 4.89. The fourth-order valence-corrected chi connectivity index (χ4v) is 3.39. The van der Waals surface area contributed by atoms with E-state index in [1.807, 2.05) is 19.9 Å². The van der Waals surface area contributed by atoms with Crippen molar-refractivity contribution in [3.05, 3.63) is 29.3 Å². The maximum atomic E-state index is 11.9. The maximum Gasteiger partial charge on any atom is 0.240 e. The van der Waals surface area contributed by atoms with Crippen LogP contribution in [0.3, 0.4) is 0 Å². The van der Waals surface area contributed by atoms with Crippen LogP contribution in [0.15, 0.2) is 33.8 Å². The number of carbonyl (C=O) groups excluding carboxylic acids is 1. The Morgan fingerprint density at radius 2 is 2.13 bits per heavy atom. The summed E-state index contributed by atoms with van der Waals surface area (Å²) < 4.78 is 28.8. The SMILES string of the molecule is COc1ccc(C=C(C)C2=NNC(=O)CC2C)cc1S(C)(=O)=O. The summed E-state index contributed by atoms with van der Waals surface area (Å²) >= 11 is 0. The molecule has 1 aromatic rings. The fourth-order valence-electron chi connectivity index (χ4n) is 2.53. The monoisotopic (exact) mass is 336 g/mol. The van der Waals surface area contributed by atoms with E-state index in [0.717, 1.165) is 23.1 Å². The van der Waals surface area contributed by atoms with Crippen molar-refractivity contribution in [3.8, 4) is 5.75 Å². The summed E-state index contributed by atoms with van der Waals surface area (Å²) in [5.74, 6) is 0.239. The Bertz CT molecular complexity index is 794. The zero-order valence-corrected chi connectivity index (χ0v) is 14.4. The summed E-state index contributed by atoms with van der Waals surface area (Å²) in [6.07, 6.45) is 3.39. The van der Waals surface area contributed by atoms with Crippen molar-refractivity contribution < 1.29 is 17.9 Å². The molecule has 0 spiro atoms. The van der Waals surface area contributed by atoms with Crippen LogP contribution in [0.5, 0.6) is 5.75 Å². The number of methoxy groups -OCH3 is 1. The highest BCUT2D eigenvalue weighted by Crippen LogP contribution is 2.26. The largest absolute Gasteiger partial charge is 0.495 e. The molecule has 1 N–H and O–H groups in total. The molecule has 0 fully saturated rings. The van der Waals surface area contributed by atoms with Crippen LogP contribution in [0.2, 0.25) is 0 Å². The van der Waals surface area contributed by atoms with Gasteiger partial charge < -0.3 is 4.74 Å². The molecule has 0 saturated carbocycles. The highest BCUT2D eigenvalue weighted by atomic mass is 32.2. The molecule has 1 atom stereocenters. The predicted octanol–water partition coefficient (Wildman–Crippen LogP) is 2.01. The lowest BCUT2D eigenvalue weighted by Crippen LogP contribution is -2.31. The van der Waals surface area contributed by atoms with Crippen LogP contribution < -0.4 is 10.2 Å². The summed E-state index contributed by atoms with van der Waals surface area (Å²) in [7, 11) is -1.95. The highest BCUT2D eigenvalue weighted by molar-refractivity contribution is 7.90. The second-order valence-electron chi connectivity index (χ2n) is 5.65. The van der Waals surface area contributed by atoms with Crippen molar-refractivity contribution in [1.82, 2.24) is 5.43 Å². The fraction of sp³-hybridized carbons (Fsp3) is 0.375. The van der Waals surface area contributed by atoms with Crippen molar-refractivity contribution in [2.24, 2.45) is 11.0 Å². The summed E-state index contributed by atoms with van der Waals surface area (Å²) in [5, 5.41) is 4.10. The second-order valence-corrected chi connectivity index (χ2v) is 7.63. The first kappa shape index (κ1) is 17.2. The Labute approximate surface area is 136 Å². The normalized spacial score (nSPS) is 19.1. The third-order valence-corrected chi connectivity index (χ3v) is 4.75. The molecule has 0 aliphatic carbocycles. The molecule has 0 saturated heterocycles. The third-order valence-electron chi connectivity index (χ3n) is 3.63. The lowest BCUT2D eigenvalue weighted by Gasteiger charge is -2.19. The van der Waals surface area contributed by atoms with Gasteiger partial charge in [0.1, 0.15) is 10.6 Å². The van der Waals surface area contributed by atoms with Gasteiger partial charge in [0.2, 0.25) is 5.91 Å². The van der Waals surface area contributed by atoms with Gasteiger partial charge in [0.15, 0.2) is 9.84 Å². The van der Waals surface area contributed by atoms with Crippen LogP contribution in [-0.2, 0) is 14.6 Å². The third kappa shape index (κ3) is 3.98. The molecular weight excluding hydrogens is 316 g/mol. The summed E-state index contributed by atoms with van der Waals surface area (Å²) in [5.41, 5.74) is 4.88. The molecule has 1 amide bonds. The summed E-state index contributed by atoms with van der Waals surface area (Å²) in [4.78, 5) is 11.5. The number of nitrogens with one attached hydrogen (secondary N) is 1. The number of nitrogens with zero attached hydrogens (tertiary/aromatic N) is 1. The molecule has 7 heteroatoms. The topological polar surface area (TPSA) is 84.8 Å². The molecule has 124 valence electrons. The number of carbonyl (C=O) groups is 1. The number of amides is 1. The summed E-state index contributed by atoms with van der Waals surface area (Å²) in [6, 6.07) is 4.98. The van der Waals surface area contributed by atoms with Crippen molar-refractivity contribution in [3.63, 3.8) is 0 Å². The van der Waals surface area contributed by atoms with E-state index >= 15 is 0 Å². The maximum absolute atomic E-state index is 11.9. The number of ether oxygens (including phenoxy) is 1. The van der Waals surface area contributed by atoms with Crippen molar-refractivity contribution in [1.29, 1.82) is 0 Å². The first-order chi connectivity index (χ1) is 10.7. The molecule has 1 heterocycles. The zero-order chi connectivity index (χ0) is 17.2. The number of hydrogen-bond donors (Lipinski definition) is 1. The van der Waals surface area contributed by atoms with E-state index in [4.69, 9.17) is 4.74 Å². The van der Waals surface area contributed by atoms with Gasteiger partial charge in [-0.25, -0.2) is 13.8 Å². The van der Waals surface area contributed by atoms with Crippen LogP contribution in [0.4, 0.5) is 0 Å².